The predicted molar refractivity (Wildman–Crippen MR) is 112 cm³/mol. The van der Waals surface area contributed by atoms with E-state index in [4.69, 9.17) is 21.1 Å². The quantitative estimate of drug-likeness (QED) is 0.590. The molecule has 1 aliphatic heterocycles. The van der Waals surface area contributed by atoms with E-state index in [1.165, 1.54) is 13.2 Å². The van der Waals surface area contributed by atoms with Crippen LogP contribution in [0.5, 0.6) is 11.5 Å². The first-order valence-corrected chi connectivity index (χ1v) is 11.6. The number of ether oxygens (including phenoxy) is 2. The van der Waals surface area contributed by atoms with E-state index >= 15 is 0 Å². The highest BCUT2D eigenvalue weighted by atomic mass is 35.5. The Hall–Kier alpha value is -1.73. The van der Waals surface area contributed by atoms with Gasteiger partial charge in [-0.1, -0.05) is 18.5 Å². The van der Waals surface area contributed by atoms with E-state index in [9.17, 15) is 13.2 Å². The fourth-order valence-corrected chi connectivity index (χ4v) is 5.18. The second-order valence-corrected chi connectivity index (χ2v) is 9.76. The molecule has 1 atom stereocenters. The van der Waals surface area contributed by atoms with Gasteiger partial charge in [0.15, 0.2) is 21.3 Å². The summed E-state index contributed by atoms with van der Waals surface area (Å²) in [6.07, 6.45) is 4.30. The molecule has 0 spiro atoms. The largest absolute Gasteiger partial charge is 0.493 e. The molecule has 0 aliphatic carbocycles. The summed E-state index contributed by atoms with van der Waals surface area (Å²) in [4.78, 5) is 14.4. The van der Waals surface area contributed by atoms with Crippen molar-refractivity contribution in [3.63, 3.8) is 0 Å². The second-order valence-electron chi connectivity index (χ2n) is 7.12. The fourth-order valence-electron chi connectivity index (χ4n) is 3.18. The zero-order valence-corrected chi connectivity index (χ0v) is 18.3. The first-order valence-electron chi connectivity index (χ1n) is 9.40. The summed E-state index contributed by atoms with van der Waals surface area (Å²) < 4.78 is 34.6. The SMILES string of the molecule is CCCN(C(=O)/C=C/c1cc(Cl)c(OC(C)C)c(OC)c1)C1CCS(=O)(=O)C1. The van der Waals surface area contributed by atoms with Crippen LogP contribution in [0.4, 0.5) is 0 Å². The van der Waals surface area contributed by atoms with Crippen LogP contribution in [-0.4, -0.2) is 56.5 Å². The fraction of sp³-hybridized carbons (Fsp3) is 0.550. The Balaban J connectivity index is 2.20. The number of sulfone groups is 1. The molecule has 1 heterocycles. The Bertz CT molecular complexity index is 835. The first-order chi connectivity index (χ1) is 13.2. The number of carbonyl (C=O) groups is 1. The Morgan fingerprint density at radius 1 is 1.39 bits per heavy atom. The molecule has 2 rings (SSSR count). The monoisotopic (exact) mass is 429 g/mol. The molecule has 1 aromatic carbocycles. The Morgan fingerprint density at radius 3 is 2.64 bits per heavy atom. The molecule has 1 aliphatic rings. The summed E-state index contributed by atoms with van der Waals surface area (Å²) in [6, 6.07) is 3.19. The second kappa shape index (κ2) is 9.65. The van der Waals surface area contributed by atoms with Crippen LogP contribution in [0.3, 0.4) is 0 Å². The maximum absolute atomic E-state index is 12.7. The molecule has 8 heteroatoms. The lowest BCUT2D eigenvalue weighted by molar-refractivity contribution is -0.127. The highest BCUT2D eigenvalue weighted by molar-refractivity contribution is 7.91. The summed E-state index contributed by atoms with van der Waals surface area (Å²) in [5.41, 5.74) is 0.696. The van der Waals surface area contributed by atoms with Gasteiger partial charge in [0.1, 0.15) is 0 Å². The van der Waals surface area contributed by atoms with Crippen LogP contribution >= 0.6 is 11.6 Å². The number of amides is 1. The number of rotatable bonds is 8. The van der Waals surface area contributed by atoms with E-state index in [0.717, 1.165) is 6.42 Å². The first kappa shape index (κ1) is 22.6. The lowest BCUT2D eigenvalue weighted by atomic mass is 10.1. The van der Waals surface area contributed by atoms with Gasteiger partial charge in [-0.3, -0.25) is 4.79 Å². The Morgan fingerprint density at radius 2 is 2.11 bits per heavy atom. The van der Waals surface area contributed by atoms with Gasteiger partial charge in [-0.05, 0) is 50.5 Å². The minimum atomic E-state index is -3.05. The molecular weight excluding hydrogens is 402 g/mol. The van der Waals surface area contributed by atoms with Crippen molar-refractivity contribution in [1.82, 2.24) is 4.90 Å². The molecule has 1 amide bonds. The third-order valence-corrected chi connectivity index (χ3v) is 6.45. The smallest absolute Gasteiger partial charge is 0.246 e. The van der Waals surface area contributed by atoms with Crippen LogP contribution in [0, 0.1) is 0 Å². The van der Waals surface area contributed by atoms with E-state index in [2.05, 4.69) is 0 Å². The summed E-state index contributed by atoms with van der Waals surface area (Å²) in [5.74, 6) is 0.917. The topological polar surface area (TPSA) is 72.9 Å². The normalized spacial score (nSPS) is 18.6. The van der Waals surface area contributed by atoms with Crippen molar-refractivity contribution in [3.8, 4) is 11.5 Å². The van der Waals surface area contributed by atoms with Gasteiger partial charge in [-0.15, -0.1) is 0 Å². The number of hydrogen-bond donors (Lipinski definition) is 0. The number of carbonyl (C=O) groups excluding carboxylic acids is 1. The van der Waals surface area contributed by atoms with E-state index in [1.807, 2.05) is 20.8 Å². The maximum atomic E-state index is 12.7. The van der Waals surface area contributed by atoms with Crippen LogP contribution in [-0.2, 0) is 14.6 Å². The van der Waals surface area contributed by atoms with Crippen LogP contribution in [0.2, 0.25) is 5.02 Å². The third kappa shape index (κ3) is 5.88. The number of hydrogen-bond acceptors (Lipinski definition) is 5. The Kier molecular flexibility index (Phi) is 7.78. The summed E-state index contributed by atoms with van der Waals surface area (Å²) >= 11 is 6.32. The van der Waals surface area contributed by atoms with Crippen LogP contribution in [0.1, 0.15) is 39.2 Å². The minimum Gasteiger partial charge on any atom is -0.493 e. The molecule has 0 saturated carbocycles. The molecule has 1 fully saturated rings. The molecule has 1 aromatic rings. The average molecular weight is 430 g/mol. The van der Waals surface area contributed by atoms with Gasteiger partial charge >= 0.3 is 0 Å². The van der Waals surface area contributed by atoms with Crippen LogP contribution in [0.15, 0.2) is 18.2 Å². The minimum absolute atomic E-state index is 0.0352. The van der Waals surface area contributed by atoms with Crippen molar-refractivity contribution in [2.24, 2.45) is 0 Å². The zero-order valence-electron chi connectivity index (χ0n) is 16.8. The number of methoxy groups -OCH3 is 1. The zero-order chi connectivity index (χ0) is 20.9. The predicted octanol–water partition coefficient (Wildman–Crippen LogP) is 3.57. The highest BCUT2D eigenvalue weighted by Gasteiger charge is 2.33. The molecule has 0 N–H and O–H groups in total. The third-order valence-electron chi connectivity index (χ3n) is 4.42. The molecular formula is C20H28ClNO5S. The van der Waals surface area contributed by atoms with Gasteiger partial charge in [0.05, 0.1) is 29.7 Å². The molecule has 0 radical (unpaired) electrons. The maximum Gasteiger partial charge on any atom is 0.246 e. The van der Waals surface area contributed by atoms with Gasteiger partial charge in [-0.2, -0.15) is 0 Å². The van der Waals surface area contributed by atoms with E-state index in [-0.39, 0.29) is 29.6 Å². The van der Waals surface area contributed by atoms with E-state index in [1.54, 1.807) is 23.1 Å². The summed E-state index contributed by atoms with van der Waals surface area (Å²) in [7, 11) is -1.53. The molecule has 28 heavy (non-hydrogen) atoms. The average Bonchev–Trinajstić information content (AvgIpc) is 2.98. The standard InChI is InChI=1S/C20H28ClNO5S/c1-5-9-22(16-8-10-28(24,25)13-16)19(23)7-6-15-11-17(21)20(27-14(2)3)18(12-15)26-4/h6-7,11-12,14,16H,5,8-10,13H2,1-4H3/b7-6+. The van der Waals surface area contributed by atoms with Crippen molar-refractivity contribution in [2.75, 3.05) is 25.2 Å². The highest BCUT2D eigenvalue weighted by Crippen LogP contribution is 2.37. The summed E-state index contributed by atoms with van der Waals surface area (Å²) in [6.45, 7) is 6.28. The molecule has 156 valence electrons. The van der Waals surface area contributed by atoms with Gasteiger partial charge < -0.3 is 14.4 Å². The Labute approximate surface area is 172 Å². The van der Waals surface area contributed by atoms with Gasteiger partial charge in [0.2, 0.25) is 5.91 Å². The number of nitrogens with zero attached hydrogens (tertiary/aromatic N) is 1. The van der Waals surface area contributed by atoms with Gasteiger partial charge in [-0.25, -0.2) is 8.42 Å². The van der Waals surface area contributed by atoms with E-state index < -0.39 is 9.84 Å². The molecule has 0 bridgehead atoms. The summed E-state index contributed by atoms with van der Waals surface area (Å²) in [5, 5.41) is 0.396. The molecule has 1 unspecified atom stereocenters. The van der Waals surface area contributed by atoms with Crippen molar-refractivity contribution in [1.29, 1.82) is 0 Å². The van der Waals surface area contributed by atoms with Crippen LogP contribution in [0.25, 0.3) is 6.08 Å². The van der Waals surface area contributed by atoms with E-state index in [0.29, 0.717) is 35.1 Å². The van der Waals surface area contributed by atoms with Gasteiger partial charge in [0, 0.05) is 18.7 Å². The number of benzene rings is 1. The number of halogens is 1. The van der Waals surface area contributed by atoms with Crippen molar-refractivity contribution in [2.45, 2.75) is 45.8 Å². The van der Waals surface area contributed by atoms with Gasteiger partial charge in [0.25, 0.3) is 0 Å². The van der Waals surface area contributed by atoms with Crippen molar-refractivity contribution >= 4 is 33.4 Å². The lowest BCUT2D eigenvalue weighted by Crippen LogP contribution is -2.40. The lowest BCUT2D eigenvalue weighted by Gasteiger charge is -2.26. The molecule has 6 nitrogen and oxygen atoms in total. The van der Waals surface area contributed by atoms with Crippen molar-refractivity contribution in [3.05, 3.63) is 28.8 Å². The van der Waals surface area contributed by atoms with Crippen LogP contribution < -0.4 is 9.47 Å². The molecule has 0 aromatic heterocycles. The van der Waals surface area contributed by atoms with Crippen molar-refractivity contribution < 1.29 is 22.7 Å². The molecule has 1 saturated heterocycles.